The molecular weight excluding hydrogens is 280 g/mol. The predicted octanol–water partition coefficient (Wildman–Crippen LogP) is 2.58. The van der Waals surface area contributed by atoms with Crippen molar-refractivity contribution in [2.24, 2.45) is 5.73 Å². The molecule has 0 aliphatic heterocycles. The van der Waals surface area contributed by atoms with Crippen LogP contribution in [0.25, 0.3) is 11.1 Å². The highest BCUT2D eigenvalue weighted by atomic mass is 16.6. The van der Waals surface area contributed by atoms with Gasteiger partial charge in [-0.15, -0.1) is 0 Å². The second-order valence-electron chi connectivity index (χ2n) is 4.80. The molecule has 3 N–H and O–H groups in total. The van der Waals surface area contributed by atoms with Crippen molar-refractivity contribution < 1.29 is 14.3 Å². The second-order valence-corrected chi connectivity index (χ2v) is 4.80. The van der Waals surface area contributed by atoms with E-state index < -0.39 is 12.1 Å². The van der Waals surface area contributed by atoms with Gasteiger partial charge in [-0.25, -0.2) is 4.79 Å². The normalized spacial score (nSPS) is 11.5. The van der Waals surface area contributed by atoms with Crippen molar-refractivity contribution in [1.82, 2.24) is 0 Å². The zero-order valence-corrected chi connectivity index (χ0v) is 12.5. The van der Waals surface area contributed by atoms with Crippen molar-refractivity contribution in [3.63, 3.8) is 0 Å². The van der Waals surface area contributed by atoms with Gasteiger partial charge in [0.1, 0.15) is 11.6 Å². The van der Waals surface area contributed by atoms with Crippen molar-refractivity contribution in [3.8, 4) is 16.9 Å². The van der Waals surface area contributed by atoms with Gasteiger partial charge in [-0.3, -0.25) is 5.41 Å². The first-order valence-electron chi connectivity index (χ1n) is 6.80. The number of esters is 1. The van der Waals surface area contributed by atoms with Crippen LogP contribution in [0.1, 0.15) is 12.5 Å². The minimum absolute atomic E-state index is 0.0482. The molecule has 0 saturated carbocycles. The summed E-state index contributed by atoms with van der Waals surface area (Å²) in [4.78, 5) is 11.3. The lowest BCUT2D eigenvalue weighted by Crippen LogP contribution is -2.24. The summed E-state index contributed by atoms with van der Waals surface area (Å²) in [5.74, 6) is 0.234. The number of rotatable bonds is 5. The van der Waals surface area contributed by atoms with Gasteiger partial charge in [-0.05, 0) is 30.2 Å². The van der Waals surface area contributed by atoms with Gasteiger partial charge in [-0.2, -0.15) is 0 Å². The summed E-state index contributed by atoms with van der Waals surface area (Å²) in [5, 5.41) is 7.38. The Labute approximate surface area is 129 Å². The Kier molecular flexibility index (Phi) is 4.78. The summed E-state index contributed by atoms with van der Waals surface area (Å²) in [7, 11) is 1.33. The SMILES string of the molecule is COC(=O)C(C)Oc1ccc(-c2ccc(C(=N)N)cc2)cc1. The summed E-state index contributed by atoms with van der Waals surface area (Å²) < 4.78 is 10.1. The lowest BCUT2D eigenvalue weighted by atomic mass is 10.0. The third-order valence-corrected chi connectivity index (χ3v) is 3.23. The van der Waals surface area contributed by atoms with Gasteiger partial charge in [0, 0.05) is 5.56 Å². The molecule has 0 spiro atoms. The average molecular weight is 298 g/mol. The standard InChI is InChI=1S/C17H18N2O3/c1-11(17(20)21-2)22-15-9-7-13(8-10-15)12-3-5-14(6-4-12)16(18)19/h3-11H,1-2H3,(H3,18,19). The number of amidine groups is 1. The number of carbonyl (C=O) groups excluding carboxylic acids is 1. The molecule has 2 aromatic carbocycles. The Morgan fingerprint density at radius 1 is 1.05 bits per heavy atom. The zero-order valence-electron chi connectivity index (χ0n) is 12.5. The first-order valence-corrected chi connectivity index (χ1v) is 6.80. The molecule has 0 radical (unpaired) electrons. The first kappa shape index (κ1) is 15.6. The summed E-state index contributed by atoms with van der Waals surface area (Å²) in [6.07, 6.45) is -0.647. The monoisotopic (exact) mass is 298 g/mol. The van der Waals surface area contributed by atoms with Crippen molar-refractivity contribution in [3.05, 3.63) is 54.1 Å². The molecule has 0 aliphatic rings. The van der Waals surface area contributed by atoms with E-state index in [0.717, 1.165) is 11.1 Å². The van der Waals surface area contributed by atoms with Crippen molar-refractivity contribution in [1.29, 1.82) is 5.41 Å². The quantitative estimate of drug-likeness (QED) is 0.504. The number of carbonyl (C=O) groups is 1. The maximum absolute atomic E-state index is 11.3. The van der Waals surface area contributed by atoms with Crippen molar-refractivity contribution in [2.45, 2.75) is 13.0 Å². The van der Waals surface area contributed by atoms with E-state index in [9.17, 15) is 4.79 Å². The third-order valence-electron chi connectivity index (χ3n) is 3.23. The highest BCUT2D eigenvalue weighted by molar-refractivity contribution is 5.95. The van der Waals surface area contributed by atoms with Gasteiger partial charge < -0.3 is 15.2 Å². The van der Waals surface area contributed by atoms with Crippen LogP contribution in [0.3, 0.4) is 0 Å². The second kappa shape index (κ2) is 6.76. The highest BCUT2D eigenvalue weighted by Gasteiger charge is 2.14. The molecule has 2 aromatic rings. The summed E-state index contributed by atoms with van der Waals surface area (Å²) in [6.45, 7) is 1.64. The first-order chi connectivity index (χ1) is 10.5. The van der Waals surface area contributed by atoms with E-state index in [1.807, 2.05) is 24.3 Å². The molecule has 22 heavy (non-hydrogen) atoms. The lowest BCUT2D eigenvalue weighted by molar-refractivity contribution is -0.147. The van der Waals surface area contributed by atoms with Crippen LogP contribution in [0.4, 0.5) is 0 Å². The molecule has 0 saturated heterocycles. The maximum atomic E-state index is 11.3. The molecule has 0 heterocycles. The number of benzene rings is 2. The molecule has 0 aromatic heterocycles. The van der Waals surface area contributed by atoms with Gasteiger partial charge in [0.25, 0.3) is 0 Å². The number of hydrogen-bond donors (Lipinski definition) is 2. The maximum Gasteiger partial charge on any atom is 0.346 e. The Balaban J connectivity index is 2.11. The van der Waals surface area contributed by atoms with Crippen LogP contribution >= 0.6 is 0 Å². The van der Waals surface area contributed by atoms with E-state index in [1.165, 1.54) is 7.11 Å². The molecule has 2 rings (SSSR count). The predicted molar refractivity (Wildman–Crippen MR) is 85.0 cm³/mol. The molecule has 0 amide bonds. The minimum atomic E-state index is -0.647. The van der Waals surface area contributed by atoms with Gasteiger partial charge in [-0.1, -0.05) is 36.4 Å². The number of nitrogens with two attached hydrogens (primary N) is 1. The number of hydrogen-bond acceptors (Lipinski definition) is 4. The molecule has 5 nitrogen and oxygen atoms in total. The fourth-order valence-corrected chi connectivity index (χ4v) is 1.99. The molecule has 5 heteroatoms. The van der Waals surface area contributed by atoms with E-state index in [1.54, 1.807) is 31.2 Å². The minimum Gasteiger partial charge on any atom is -0.479 e. The molecule has 0 fully saturated rings. The van der Waals surface area contributed by atoms with E-state index in [4.69, 9.17) is 15.9 Å². The molecular formula is C17H18N2O3. The van der Waals surface area contributed by atoms with Crippen LogP contribution in [0.2, 0.25) is 0 Å². The van der Waals surface area contributed by atoms with E-state index >= 15 is 0 Å². The fourth-order valence-electron chi connectivity index (χ4n) is 1.99. The number of nitrogens with one attached hydrogen (secondary N) is 1. The van der Waals surface area contributed by atoms with Crippen LogP contribution in [0.5, 0.6) is 5.75 Å². The van der Waals surface area contributed by atoms with Gasteiger partial charge >= 0.3 is 5.97 Å². The smallest absolute Gasteiger partial charge is 0.346 e. The van der Waals surface area contributed by atoms with Crippen LogP contribution in [0, 0.1) is 5.41 Å². The van der Waals surface area contributed by atoms with E-state index in [2.05, 4.69) is 4.74 Å². The number of nitrogen functional groups attached to an aromatic ring is 1. The third kappa shape index (κ3) is 3.63. The summed E-state index contributed by atoms with van der Waals surface area (Å²) in [5.41, 5.74) is 8.14. The number of ether oxygens (including phenoxy) is 2. The van der Waals surface area contributed by atoms with Gasteiger partial charge in [0.15, 0.2) is 6.10 Å². The zero-order chi connectivity index (χ0) is 16.1. The Bertz CT molecular complexity index is 663. The van der Waals surface area contributed by atoms with Crippen LogP contribution in [-0.2, 0) is 9.53 Å². The lowest BCUT2D eigenvalue weighted by Gasteiger charge is -2.12. The van der Waals surface area contributed by atoms with Crippen LogP contribution < -0.4 is 10.5 Å². The largest absolute Gasteiger partial charge is 0.479 e. The Morgan fingerprint density at radius 3 is 2.00 bits per heavy atom. The summed E-state index contributed by atoms with van der Waals surface area (Å²) in [6, 6.07) is 14.8. The number of methoxy groups -OCH3 is 1. The topological polar surface area (TPSA) is 85.4 Å². The van der Waals surface area contributed by atoms with E-state index in [-0.39, 0.29) is 5.84 Å². The highest BCUT2D eigenvalue weighted by Crippen LogP contribution is 2.23. The fraction of sp³-hybridized carbons (Fsp3) is 0.176. The van der Waals surface area contributed by atoms with E-state index in [0.29, 0.717) is 11.3 Å². The Morgan fingerprint density at radius 2 is 1.55 bits per heavy atom. The summed E-state index contributed by atoms with van der Waals surface area (Å²) >= 11 is 0. The molecule has 114 valence electrons. The molecule has 1 atom stereocenters. The van der Waals surface area contributed by atoms with Crippen LogP contribution in [-0.4, -0.2) is 25.0 Å². The molecule has 1 unspecified atom stereocenters. The van der Waals surface area contributed by atoms with Gasteiger partial charge in [0.2, 0.25) is 0 Å². The van der Waals surface area contributed by atoms with Crippen molar-refractivity contribution >= 4 is 11.8 Å². The van der Waals surface area contributed by atoms with Gasteiger partial charge in [0.05, 0.1) is 7.11 Å². The van der Waals surface area contributed by atoms with Crippen LogP contribution in [0.15, 0.2) is 48.5 Å². The molecule has 0 aliphatic carbocycles. The average Bonchev–Trinajstić information content (AvgIpc) is 2.54. The molecule has 0 bridgehead atoms. The van der Waals surface area contributed by atoms with Crippen molar-refractivity contribution in [2.75, 3.05) is 7.11 Å². The Hall–Kier alpha value is -2.82.